The Bertz CT molecular complexity index is 1150. The summed E-state index contributed by atoms with van der Waals surface area (Å²) in [5.74, 6) is 1.17. The van der Waals surface area contributed by atoms with Crippen molar-refractivity contribution in [1.29, 1.82) is 0 Å². The third-order valence-corrected chi connectivity index (χ3v) is 7.41. The van der Waals surface area contributed by atoms with Gasteiger partial charge in [-0.25, -0.2) is 0 Å². The van der Waals surface area contributed by atoms with E-state index in [0.29, 0.717) is 0 Å². The van der Waals surface area contributed by atoms with Gasteiger partial charge >= 0.3 is 0 Å². The summed E-state index contributed by atoms with van der Waals surface area (Å²) in [6.07, 6.45) is 1.84. The van der Waals surface area contributed by atoms with E-state index in [1.807, 2.05) is 36.2 Å². The summed E-state index contributed by atoms with van der Waals surface area (Å²) in [4.78, 5) is 24.9. The van der Waals surface area contributed by atoms with Gasteiger partial charge in [-0.05, 0) is 48.5 Å². The molecule has 0 amide bonds. The van der Waals surface area contributed by atoms with Gasteiger partial charge in [-0.1, -0.05) is 39.8 Å². The summed E-state index contributed by atoms with van der Waals surface area (Å²) in [5, 5.41) is 0.990. The first kappa shape index (κ1) is 21.8. The molecule has 0 bridgehead atoms. The van der Waals surface area contributed by atoms with Crippen LogP contribution in [-0.2, 0) is 5.41 Å². The predicted molar refractivity (Wildman–Crippen MR) is 132 cm³/mol. The van der Waals surface area contributed by atoms with E-state index in [9.17, 15) is 4.79 Å². The lowest BCUT2D eigenvalue weighted by atomic mass is 9.71. The Balaban J connectivity index is 1.71. The molecule has 1 aliphatic rings. The standard InChI is InChI=1S/C26H31N3OS/c1-6-29(7-2)12-13-31-18-9-11-19-21(15-18)26(3,4)25-23(24(19)30)20-10-8-17(16-27-5)14-22(20)28-25/h8-11,14-16,28H,6-7,12-13H2,1-5H3. The average Bonchev–Trinajstić information content (AvgIpc) is 3.16. The molecule has 0 atom stereocenters. The molecular weight excluding hydrogens is 402 g/mol. The highest BCUT2D eigenvalue weighted by Crippen LogP contribution is 2.44. The zero-order chi connectivity index (χ0) is 22.2. The molecule has 5 heteroatoms. The number of aliphatic imine (C=N–C) groups is 1. The minimum absolute atomic E-state index is 0.118. The number of nitrogens with zero attached hydrogens (tertiary/aromatic N) is 2. The van der Waals surface area contributed by atoms with Crippen LogP contribution in [0.1, 0.15) is 60.4 Å². The van der Waals surface area contributed by atoms with Crippen LogP contribution in [0.5, 0.6) is 0 Å². The lowest BCUT2D eigenvalue weighted by Crippen LogP contribution is -2.30. The fourth-order valence-corrected chi connectivity index (χ4v) is 5.53. The number of thioether (sulfide) groups is 1. The van der Waals surface area contributed by atoms with Crippen LogP contribution in [0.4, 0.5) is 0 Å². The highest BCUT2D eigenvalue weighted by molar-refractivity contribution is 7.99. The molecule has 162 valence electrons. The zero-order valence-electron chi connectivity index (χ0n) is 19.1. The highest BCUT2D eigenvalue weighted by atomic mass is 32.2. The van der Waals surface area contributed by atoms with E-state index >= 15 is 0 Å². The number of carbonyl (C=O) groups is 1. The van der Waals surface area contributed by atoms with E-state index in [-0.39, 0.29) is 11.2 Å². The third kappa shape index (κ3) is 3.85. The lowest BCUT2D eigenvalue weighted by molar-refractivity contribution is 0.103. The quantitative estimate of drug-likeness (QED) is 0.394. The van der Waals surface area contributed by atoms with Gasteiger partial charge in [-0.2, -0.15) is 0 Å². The molecule has 0 aliphatic heterocycles. The minimum atomic E-state index is -0.272. The normalized spacial score (nSPS) is 15.1. The average molecular weight is 434 g/mol. The van der Waals surface area contributed by atoms with Crippen molar-refractivity contribution in [3.8, 4) is 0 Å². The number of hydrogen-bond acceptors (Lipinski definition) is 4. The molecule has 0 saturated heterocycles. The number of H-pyrrole nitrogens is 1. The van der Waals surface area contributed by atoms with Crippen LogP contribution >= 0.6 is 11.8 Å². The number of rotatable bonds is 7. The Morgan fingerprint density at radius 3 is 2.61 bits per heavy atom. The zero-order valence-corrected chi connectivity index (χ0v) is 19.9. The Kier molecular flexibility index (Phi) is 6.09. The summed E-state index contributed by atoms with van der Waals surface area (Å²) in [6, 6.07) is 12.5. The van der Waals surface area contributed by atoms with Crippen molar-refractivity contribution in [2.75, 3.05) is 32.4 Å². The van der Waals surface area contributed by atoms with Gasteiger partial charge in [0.25, 0.3) is 0 Å². The number of ketones is 1. The van der Waals surface area contributed by atoms with Crippen LogP contribution < -0.4 is 0 Å². The van der Waals surface area contributed by atoms with Gasteiger partial charge in [0, 0.05) is 58.0 Å². The van der Waals surface area contributed by atoms with E-state index in [4.69, 9.17) is 0 Å². The third-order valence-electron chi connectivity index (χ3n) is 6.43. The molecule has 1 aliphatic carbocycles. The van der Waals surface area contributed by atoms with Crippen molar-refractivity contribution < 1.29 is 4.79 Å². The smallest absolute Gasteiger partial charge is 0.195 e. The van der Waals surface area contributed by atoms with Crippen molar-refractivity contribution in [1.82, 2.24) is 9.88 Å². The molecular formula is C26H31N3OS. The highest BCUT2D eigenvalue weighted by Gasteiger charge is 2.39. The molecule has 1 aromatic heterocycles. The fourth-order valence-electron chi connectivity index (χ4n) is 4.58. The number of benzene rings is 2. The molecule has 0 saturated carbocycles. The van der Waals surface area contributed by atoms with E-state index in [1.54, 1.807) is 7.05 Å². The first-order chi connectivity index (χ1) is 14.9. The SMILES string of the molecule is CCN(CC)CCSc1ccc2c(c1)C(C)(C)c1[nH]c3cc(C=NC)ccc3c1C2=O. The van der Waals surface area contributed by atoms with Crippen molar-refractivity contribution >= 4 is 34.7 Å². The summed E-state index contributed by atoms with van der Waals surface area (Å²) >= 11 is 1.87. The molecule has 4 nitrogen and oxygen atoms in total. The number of nitrogens with one attached hydrogen (secondary N) is 1. The first-order valence-corrected chi connectivity index (χ1v) is 12.0. The minimum Gasteiger partial charge on any atom is -0.357 e. The van der Waals surface area contributed by atoms with Crippen molar-refractivity contribution in [2.24, 2.45) is 4.99 Å². The monoisotopic (exact) mass is 433 g/mol. The topological polar surface area (TPSA) is 48.5 Å². The maximum Gasteiger partial charge on any atom is 0.195 e. The molecule has 3 aromatic rings. The van der Waals surface area contributed by atoms with Gasteiger partial charge in [0.05, 0.1) is 5.56 Å². The predicted octanol–water partition coefficient (Wildman–Crippen LogP) is 5.52. The second-order valence-electron chi connectivity index (χ2n) is 8.60. The van der Waals surface area contributed by atoms with Gasteiger partial charge in [0.2, 0.25) is 0 Å². The van der Waals surface area contributed by atoms with Crippen molar-refractivity contribution in [2.45, 2.75) is 38.0 Å². The van der Waals surface area contributed by atoms with Crippen molar-refractivity contribution in [3.05, 3.63) is 64.3 Å². The Morgan fingerprint density at radius 2 is 1.90 bits per heavy atom. The molecule has 0 spiro atoms. The second-order valence-corrected chi connectivity index (χ2v) is 9.77. The van der Waals surface area contributed by atoms with Gasteiger partial charge in [0.1, 0.15) is 0 Å². The van der Waals surface area contributed by atoms with Crippen LogP contribution in [0, 0.1) is 0 Å². The second kappa shape index (κ2) is 8.64. The molecule has 0 radical (unpaired) electrons. The summed E-state index contributed by atoms with van der Waals surface area (Å²) in [5.41, 5.74) is 5.51. The molecule has 2 aromatic carbocycles. The van der Waals surface area contributed by atoms with Crippen LogP contribution in [0.3, 0.4) is 0 Å². The number of hydrogen-bond donors (Lipinski definition) is 1. The molecule has 1 heterocycles. The maximum atomic E-state index is 13.5. The Morgan fingerprint density at radius 1 is 1.13 bits per heavy atom. The number of aromatic nitrogens is 1. The van der Waals surface area contributed by atoms with Gasteiger partial charge in [-0.15, -0.1) is 11.8 Å². The van der Waals surface area contributed by atoms with E-state index in [2.05, 4.69) is 60.8 Å². The Hall–Kier alpha value is -2.37. The van der Waals surface area contributed by atoms with Crippen LogP contribution in [0.25, 0.3) is 10.9 Å². The van der Waals surface area contributed by atoms with Gasteiger partial charge in [0.15, 0.2) is 5.78 Å². The van der Waals surface area contributed by atoms with Crippen LogP contribution in [0.2, 0.25) is 0 Å². The summed E-state index contributed by atoms with van der Waals surface area (Å²) < 4.78 is 0. The Labute approximate surface area is 189 Å². The molecule has 4 rings (SSSR count). The maximum absolute atomic E-state index is 13.5. The van der Waals surface area contributed by atoms with Crippen molar-refractivity contribution in [3.63, 3.8) is 0 Å². The van der Waals surface area contributed by atoms with Gasteiger partial charge in [-0.3, -0.25) is 9.79 Å². The molecule has 31 heavy (non-hydrogen) atoms. The molecule has 1 N–H and O–H groups in total. The molecule has 0 unspecified atom stereocenters. The van der Waals surface area contributed by atoms with E-state index in [0.717, 1.165) is 64.2 Å². The largest absolute Gasteiger partial charge is 0.357 e. The number of fused-ring (bicyclic) bond motifs is 4. The molecule has 0 fully saturated rings. The number of carbonyl (C=O) groups excluding carboxylic acids is 1. The van der Waals surface area contributed by atoms with Crippen LogP contribution in [0.15, 0.2) is 46.3 Å². The summed E-state index contributed by atoms with van der Waals surface area (Å²) in [7, 11) is 1.77. The van der Waals surface area contributed by atoms with E-state index in [1.165, 1.54) is 4.90 Å². The van der Waals surface area contributed by atoms with Gasteiger partial charge < -0.3 is 9.88 Å². The first-order valence-electron chi connectivity index (χ1n) is 11.0. The number of aromatic amines is 1. The van der Waals surface area contributed by atoms with Crippen LogP contribution in [-0.4, -0.2) is 54.3 Å². The lowest BCUT2D eigenvalue weighted by Gasteiger charge is -2.32. The summed E-state index contributed by atoms with van der Waals surface area (Å²) in [6.45, 7) is 12.1. The van der Waals surface area contributed by atoms with E-state index < -0.39 is 0 Å². The fraction of sp³-hybridized carbons (Fsp3) is 0.385.